The standard InChI is InChI=1S/C17H19ClN2O2/c1-12(10-13-4-6-14(22-3)7-5-13)20(2)17(21)15-8-9-19-11-16(15)18/h4-9,11-12H,10H2,1-3H3/t12-/m0/s1. The first kappa shape index (κ1) is 16.3. The van der Waals surface area contributed by atoms with Crippen LogP contribution in [-0.2, 0) is 6.42 Å². The molecule has 1 aromatic heterocycles. The monoisotopic (exact) mass is 318 g/mol. The molecular formula is C17H19ClN2O2. The second-order valence-electron chi connectivity index (χ2n) is 5.17. The number of methoxy groups -OCH3 is 1. The Balaban J connectivity index is 2.06. The van der Waals surface area contributed by atoms with Crippen LogP contribution in [0.25, 0.3) is 0 Å². The Morgan fingerprint density at radius 2 is 2.00 bits per heavy atom. The number of amides is 1. The van der Waals surface area contributed by atoms with Gasteiger partial charge in [-0.25, -0.2) is 0 Å². The highest BCUT2D eigenvalue weighted by atomic mass is 35.5. The topological polar surface area (TPSA) is 42.4 Å². The first-order chi connectivity index (χ1) is 10.5. The van der Waals surface area contributed by atoms with Gasteiger partial charge in [0.05, 0.1) is 17.7 Å². The average Bonchev–Trinajstić information content (AvgIpc) is 2.54. The van der Waals surface area contributed by atoms with E-state index >= 15 is 0 Å². The first-order valence-electron chi connectivity index (χ1n) is 7.02. The van der Waals surface area contributed by atoms with E-state index in [1.807, 2.05) is 31.2 Å². The summed E-state index contributed by atoms with van der Waals surface area (Å²) in [6, 6.07) is 9.54. The summed E-state index contributed by atoms with van der Waals surface area (Å²) < 4.78 is 5.15. The number of hydrogen-bond acceptors (Lipinski definition) is 3. The van der Waals surface area contributed by atoms with Crippen LogP contribution < -0.4 is 4.74 Å². The zero-order chi connectivity index (χ0) is 16.1. The largest absolute Gasteiger partial charge is 0.497 e. The number of pyridine rings is 1. The Hall–Kier alpha value is -2.07. The molecule has 0 N–H and O–H groups in total. The molecule has 0 bridgehead atoms. The van der Waals surface area contributed by atoms with E-state index in [0.717, 1.165) is 17.7 Å². The number of carbonyl (C=O) groups excluding carboxylic acids is 1. The third-order valence-electron chi connectivity index (χ3n) is 3.67. The summed E-state index contributed by atoms with van der Waals surface area (Å²) in [5, 5.41) is 0.371. The van der Waals surface area contributed by atoms with Crippen LogP contribution in [0.15, 0.2) is 42.7 Å². The first-order valence-corrected chi connectivity index (χ1v) is 7.40. The fourth-order valence-corrected chi connectivity index (χ4v) is 2.38. The number of nitrogens with zero attached hydrogens (tertiary/aromatic N) is 2. The van der Waals surface area contributed by atoms with Crippen LogP contribution in [0.5, 0.6) is 5.75 Å². The van der Waals surface area contributed by atoms with Gasteiger partial charge in [-0.1, -0.05) is 23.7 Å². The molecule has 1 heterocycles. The van der Waals surface area contributed by atoms with Gasteiger partial charge in [0.1, 0.15) is 5.75 Å². The molecule has 0 saturated heterocycles. The molecule has 1 amide bonds. The Labute approximate surface area is 135 Å². The third kappa shape index (κ3) is 3.77. The minimum atomic E-state index is -0.103. The van der Waals surface area contributed by atoms with Crippen LogP contribution in [-0.4, -0.2) is 36.0 Å². The fraction of sp³-hybridized carbons (Fsp3) is 0.294. The van der Waals surface area contributed by atoms with Gasteiger partial charge in [0.25, 0.3) is 5.91 Å². The van der Waals surface area contributed by atoms with Gasteiger partial charge in [0.2, 0.25) is 0 Å². The normalized spacial score (nSPS) is 11.8. The van der Waals surface area contributed by atoms with Gasteiger partial charge in [-0.2, -0.15) is 0 Å². The van der Waals surface area contributed by atoms with Crippen LogP contribution in [0, 0.1) is 0 Å². The molecule has 0 unspecified atom stereocenters. The van der Waals surface area contributed by atoms with Gasteiger partial charge in [0.15, 0.2) is 0 Å². The maximum Gasteiger partial charge on any atom is 0.255 e. The molecule has 5 heteroatoms. The fourth-order valence-electron chi connectivity index (χ4n) is 2.18. The minimum Gasteiger partial charge on any atom is -0.497 e. The highest BCUT2D eigenvalue weighted by molar-refractivity contribution is 6.33. The number of hydrogen-bond donors (Lipinski definition) is 0. The highest BCUT2D eigenvalue weighted by Crippen LogP contribution is 2.18. The Kier molecular flexibility index (Phi) is 5.39. The van der Waals surface area contributed by atoms with Crippen molar-refractivity contribution in [2.45, 2.75) is 19.4 Å². The Bertz CT molecular complexity index is 643. The molecule has 0 aliphatic carbocycles. The molecule has 0 radical (unpaired) electrons. The lowest BCUT2D eigenvalue weighted by molar-refractivity contribution is 0.0743. The van der Waals surface area contributed by atoms with Gasteiger partial charge in [-0.3, -0.25) is 9.78 Å². The summed E-state index contributed by atoms with van der Waals surface area (Å²) in [6.07, 6.45) is 3.81. The zero-order valence-electron chi connectivity index (χ0n) is 12.9. The number of likely N-dealkylation sites (N-methyl/N-ethyl adjacent to an activating group) is 1. The average molecular weight is 319 g/mol. The molecular weight excluding hydrogens is 300 g/mol. The van der Waals surface area contributed by atoms with Crippen molar-refractivity contribution in [1.82, 2.24) is 9.88 Å². The molecule has 2 rings (SSSR count). The van der Waals surface area contributed by atoms with Gasteiger partial charge < -0.3 is 9.64 Å². The second kappa shape index (κ2) is 7.27. The van der Waals surface area contributed by atoms with Gasteiger partial charge in [-0.05, 0) is 37.1 Å². The van der Waals surface area contributed by atoms with Crippen molar-refractivity contribution < 1.29 is 9.53 Å². The van der Waals surface area contributed by atoms with Gasteiger partial charge in [0, 0.05) is 25.5 Å². The number of ether oxygens (including phenoxy) is 1. The van der Waals surface area contributed by atoms with Crippen LogP contribution >= 0.6 is 11.6 Å². The molecule has 2 aromatic rings. The van der Waals surface area contributed by atoms with Crippen LogP contribution in [0.3, 0.4) is 0 Å². The van der Waals surface area contributed by atoms with Crippen molar-refractivity contribution in [2.24, 2.45) is 0 Å². The van der Waals surface area contributed by atoms with E-state index in [4.69, 9.17) is 16.3 Å². The number of rotatable bonds is 5. The molecule has 1 atom stereocenters. The zero-order valence-corrected chi connectivity index (χ0v) is 13.7. The maximum atomic E-state index is 12.5. The van der Waals surface area contributed by atoms with Gasteiger partial charge in [-0.15, -0.1) is 0 Å². The van der Waals surface area contributed by atoms with Crippen molar-refractivity contribution in [3.63, 3.8) is 0 Å². The van der Waals surface area contributed by atoms with Crippen molar-refractivity contribution in [2.75, 3.05) is 14.2 Å². The van der Waals surface area contributed by atoms with Crippen molar-refractivity contribution in [3.05, 3.63) is 58.9 Å². The van der Waals surface area contributed by atoms with Crippen molar-refractivity contribution in [3.8, 4) is 5.75 Å². The molecule has 0 spiro atoms. The Morgan fingerprint density at radius 3 is 2.59 bits per heavy atom. The summed E-state index contributed by atoms with van der Waals surface area (Å²) in [5.74, 6) is 0.720. The van der Waals surface area contributed by atoms with E-state index in [2.05, 4.69) is 4.98 Å². The van der Waals surface area contributed by atoms with Gasteiger partial charge >= 0.3 is 0 Å². The summed E-state index contributed by atoms with van der Waals surface area (Å²) in [6.45, 7) is 2.01. The van der Waals surface area contributed by atoms with Crippen molar-refractivity contribution >= 4 is 17.5 Å². The summed E-state index contributed by atoms with van der Waals surface area (Å²) in [4.78, 5) is 18.1. The van der Waals surface area contributed by atoms with E-state index in [0.29, 0.717) is 10.6 Å². The predicted octanol–water partition coefficient (Wildman–Crippen LogP) is 3.45. The minimum absolute atomic E-state index is 0.0464. The Morgan fingerprint density at radius 1 is 1.32 bits per heavy atom. The molecule has 22 heavy (non-hydrogen) atoms. The smallest absolute Gasteiger partial charge is 0.255 e. The van der Waals surface area contributed by atoms with Crippen LogP contribution in [0.2, 0.25) is 5.02 Å². The molecule has 0 fully saturated rings. The second-order valence-corrected chi connectivity index (χ2v) is 5.58. The number of benzene rings is 1. The summed E-state index contributed by atoms with van der Waals surface area (Å²) >= 11 is 6.04. The molecule has 4 nitrogen and oxygen atoms in total. The molecule has 116 valence electrons. The van der Waals surface area contributed by atoms with E-state index in [1.165, 1.54) is 6.20 Å². The molecule has 0 aliphatic rings. The third-order valence-corrected chi connectivity index (χ3v) is 3.98. The summed E-state index contributed by atoms with van der Waals surface area (Å²) in [7, 11) is 3.43. The number of halogens is 1. The summed E-state index contributed by atoms with van der Waals surface area (Å²) in [5.41, 5.74) is 1.62. The quantitative estimate of drug-likeness (QED) is 0.848. The van der Waals surface area contributed by atoms with E-state index in [-0.39, 0.29) is 11.9 Å². The van der Waals surface area contributed by atoms with Crippen LogP contribution in [0.1, 0.15) is 22.8 Å². The van der Waals surface area contributed by atoms with Crippen molar-refractivity contribution in [1.29, 1.82) is 0 Å². The lowest BCUT2D eigenvalue weighted by atomic mass is 10.1. The van der Waals surface area contributed by atoms with E-state index < -0.39 is 0 Å². The lowest BCUT2D eigenvalue weighted by Crippen LogP contribution is -2.36. The predicted molar refractivity (Wildman–Crippen MR) is 87.5 cm³/mol. The highest BCUT2D eigenvalue weighted by Gasteiger charge is 2.19. The lowest BCUT2D eigenvalue weighted by Gasteiger charge is -2.25. The molecule has 0 aliphatic heterocycles. The van der Waals surface area contributed by atoms with E-state index in [1.54, 1.807) is 31.3 Å². The maximum absolute atomic E-state index is 12.5. The van der Waals surface area contributed by atoms with E-state index in [9.17, 15) is 4.79 Å². The SMILES string of the molecule is COc1ccc(C[C@H](C)N(C)C(=O)c2ccncc2Cl)cc1. The number of carbonyl (C=O) groups is 1. The van der Waals surface area contributed by atoms with Crippen LogP contribution in [0.4, 0.5) is 0 Å². The molecule has 0 saturated carbocycles. The number of aromatic nitrogens is 1. The molecule has 1 aromatic carbocycles.